The second-order valence-electron chi connectivity index (χ2n) is 4.61. The number of methoxy groups -OCH3 is 1. The van der Waals surface area contributed by atoms with Gasteiger partial charge in [0.15, 0.2) is 0 Å². The number of carbonyl (C=O) groups excluding carboxylic acids is 1. The number of hydrogen-bond acceptors (Lipinski definition) is 3. The SMILES string of the molecule is COC(=O)/C=C/P(=O)(Cc1ccccc1)c1ccccc1. The van der Waals surface area contributed by atoms with E-state index in [0.717, 1.165) is 10.9 Å². The maximum atomic E-state index is 13.3. The van der Waals surface area contributed by atoms with Crippen molar-refractivity contribution in [3.63, 3.8) is 0 Å². The highest BCUT2D eigenvalue weighted by atomic mass is 31.2. The summed E-state index contributed by atoms with van der Waals surface area (Å²) in [6.45, 7) is 0. The molecule has 1 atom stereocenters. The lowest BCUT2D eigenvalue weighted by molar-refractivity contribution is -0.134. The van der Waals surface area contributed by atoms with Gasteiger partial charge in [-0.1, -0.05) is 60.7 Å². The van der Waals surface area contributed by atoms with E-state index in [1.165, 1.54) is 19.0 Å². The van der Waals surface area contributed by atoms with E-state index in [-0.39, 0.29) is 0 Å². The molecule has 0 saturated carbocycles. The summed E-state index contributed by atoms with van der Waals surface area (Å²) in [6, 6.07) is 18.8. The van der Waals surface area contributed by atoms with Gasteiger partial charge in [0, 0.05) is 17.5 Å². The molecule has 21 heavy (non-hydrogen) atoms. The third kappa shape index (κ3) is 4.17. The first-order valence-corrected chi connectivity index (χ1v) is 8.56. The van der Waals surface area contributed by atoms with Gasteiger partial charge in [-0.25, -0.2) is 4.79 Å². The number of carbonyl (C=O) groups is 1. The maximum Gasteiger partial charge on any atom is 0.330 e. The van der Waals surface area contributed by atoms with Crippen LogP contribution in [-0.2, 0) is 20.3 Å². The Labute approximate surface area is 124 Å². The third-order valence-electron chi connectivity index (χ3n) is 3.11. The predicted octanol–water partition coefficient (Wildman–Crippen LogP) is 3.56. The van der Waals surface area contributed by atoms with E-state index in [0.29, 0.717) is 6.16 Å². The molecule has 0 fully saturated rings. The average molecular weight is 300 g/mol. The predicted molar refractivity (Wildman–Crippen MR) is 85.0 cm³/mol. The van der Waals surface area contributed by atoms with Gasteiger partial charge in [0.05, 0.1) is 7.11 Å². The molecular weight excluding hydrogens is 283 g/mol. The van der Waals surface area contributed by atoms with Crippen molar-refractivity contribution < 1.29 is 14.1 Å². The molecule has 3 nitrogen and oxygen atoms in total. The zero-order valence-electron chi connectivity index (χ0n) is 11.8. The van der Waals surface area contributed by atoms with E-state index < -0.39 is 13.1 Å². The van der Waals surface area contributed by atoms with Gasteiger partial charge in [-0.3, -0.25) is 0 Å². The molecule has 0 radical (unpaired) electrons. The number of benzene rings is 2. The van der Waals surface area contributed by atoms with Crippen molar-refractivity contribution in [2.75, 3.05) is 7.11 Å². The lowest BCUT2D eigenvalue weighted by Gasteiger charge is -2.15. The summed E-state index contributed by atoms with van der Waals surface area (Å²) in [7, 11) is -1.54. The average Bonchev–Trinajstić information content (AvgIpc) is 2.54. The Kier molecular flexibility index (Phi) is 5.13. The Hall–Kier alpha value is -2.12. The monoisotopic (exact) mass is 300 g/mol. The van der Waals surface area contributed by atoms with Crippen molar-refractivity contribution in [2.24, 2.45) is 0 Å². The number of hydrogen-bond donors (Lipinski definition) is 0. The molecule has 0 aliphatic heterocycles. The lowest BCUT2D eigenvalue weighted by atomic mass is 10.2. The fourth-order valence-electron chi connectivity index (χ4n) is 2.01. The standard InChI is InChI=1S/C17H17O3P/c1-20-17(18)12-13-21(19,16-10-6-3-7-11-16)14-15-8-4-2-5-9-15/h2-13H,14H2,1H3/b13-12+. The molecule has 1 unspecified atom stereocenters. The minimum atomic E-state index is -2.84. The van der Waals surface area contributed by atoms with E-state index >= 15 is 0 Å². The van der Waals surface area contributed by atoms with Crippen molar-refractivity contribution in [3.8, 4) is 0 Å². The Balaban J connectivity index is 2.37. The van der Waals surface area contributed by atoms with Crippen molar-refractivity contribution in [3.05, 3.63) is 78.1 Å². The summed E-state index contributed by atoms with van der Waals surface area (Å²) in [5.41, 5.74) is 0.971. The second kappa shape index (κ2) is 7.05. The first kappa shape index (κ1) is 15.3. The van der Waals surface area contributed by atoms with Gasteiger partial charge in [0.25, 0.3) is 0 Å². The molecule has 0 aliphatic rings. The number of esters is 1. The van der Waals surface area contributed by atoms with Gasteiger partial charge in [-0.2, -0.15) is 0 Å². The molecule has 0 amide bonds. The summed E-state index contributed by atoms with van der Waals surface area (Å²) in [5.74, 6) is 0.987. The van der Waals surface area contributed by atoms with E-state index in [1.807, 2.05) is 60.7 Å². The molecule has 2 aromatic carbocycles. The molecule has 0 aliphatic carbocycles. The summed E-state index contributed by atoms with van der Waals surface area (Å²) >= 11 is 0. The van der Waals surface area contributed by atoms with Crippen LogP contribution in [-0.4, -0.2) is 13.1 Å². The van der Waals surface area contributed by atoms with Gasteiger partial charge in [-0.15, -0.1) is 0 Å². The topological polar surface area (TPSA) is 43.4 Å². The highest BCUT2D eigenvalue weighted by Crippen LogP contribution is 2.49. The third-order valence-corrected chi connectivity index (χ3v) is 5.74. The van der Waals surface area contributed by atoms with Gasteiger partial charge in [0.1, 0.15) is 7.14 Å². The van der Waals surface area contributed by atoms with Crippen molar-refractivity contribution in [1.82, 2.24) is 0 Å². The van der Waals surface area contributed by atoms with Crippen molar-refractivity contribution >= 4 is 18.4 Å². The Bertz CT molecular complexity index is 663. The minimum Gasteiger partial charge on any atom is -0.466 e. The molecule has 108 valence electrons. The molecule has 0 heterocycles. The van der Waals surface area contributed by atoms with Crippen LogP contribution in [0, 0.1) is 0 Å². The summed E-state index contributed by atoms with van der Waals surface area (Å²) < 4.78 is 17.9. The maximum absolute atomic E-state index is 13.3. The lowest BCUT2D eigenvalue weighted by Crippen LogP contribution is -2.05. The largest absolute Gasteiger partial charge is 0.466 e. The first-order valence-electron chi connectivity index (χ1n) is 6.59. The van der Waals surface area contributed by atoms with Crippen LogP contribution in [0.4, 0.5) is 0 Å². The van der Waals surface area contributed by atoms with E-state index in [1.54, 1.807) is 0 Å². The van der Waals surface area contributed by atoms with Crippen LogP contribution in [0.2, 0.25) is 0 Å². The Morgan fingerprint density at radius 2 is 1.62 bits per heavy atom. The summed E-state index contributed by atoms with van der Waals surface area (Å²) in [6.07, 6.45) is 1.63. The van der Waals surface area contributed by atoms with Gasteiger partial charge < -0.3 is 9.30 Å². The van der Waals surface area contributed by atoms with Crippen LogP contribution >= 0.6 is 7.14 Å². The zero-order chi connectivity index (χ0) is 15.1. The van der Waals surface area contributed by atoms with Crippen molar-refractivity contribution in [2.45, 2.75) is 6.16 Å². The number of rotatable bonds is 5. The Morgan fingerprint density at radius 1 is 1.05 bits per heavy atom. The first-order chi connectivity index (χ1) is 10.1. The fraction of sp³-hybridized carbons (Fsp3) is 0.118. The van der Waals surface area contributed by atoms with E-state index in [4.69, 9.17) is 0 Å². The van der Waals surface area contributed by atoms with Crippen LogP contribution in [0.25, 0.3) is 0 Å². The van der Waals surface area contributed by atoms with Crippen LogP contribution < -0.4 is 5.30 Å². The molecule has 0 aromatic heterocycles. The smallest absolute Gasteiger partial charge is 0.330 e. The highest BCUT2D eigenvalue weighted by molar-refractivity contribution is 7.73. The summed E-state index contributed by atoms with van der Waals surface area (Å²) in [4.78, 5) is 11.3. The molecule has 0 saturated heterocycles. The van der Waals surface area contributed by atoms with Crippen LogP contribution in [0.5, 0.6) is 0 Å². The zero-order valence-corrected chi connectivity index (χ0v) is 12.7. The van der Waals surface area contributed by atoms with Gasteiger partial charge >= 0.3 is 5.97 Å². The molecule has 2 aromatic rings. The minimum absolute atomic E-state index is 0.380. The Morgan fingerprint density at radius 3 is 2.19 bits per heavy atom. The molecule has 0 spiro atoms. The van der Waals surface area contributed by atoms with Crippen LogP contribution in [0.3, 0.4) is 0 Å². The molecule has 0 bridgehead atoms. The number of ether oxygens (including phenoxy) is 1. The molecule has 0 N–H and O–H groups in total. The normalized spacial score (nSPS) is 13.8. The van der Waals surface area contributed by atoms with Gasteiger partial charge in [-0.05, 0) is 11.4 Å². The molecular formula is C17H17O3P. The van der Waals surface area contributed by atoms with Gasteiger partial charge in [0.2, 0.25) is 0 Å². The van der Waals surface area contributed by atoms with E-state index in [2.05, 4.69) is 4.74 Å². The van der Waals surface area contributed by atoms with Crippen LogP contribution in [0.1, 0.15) is 5.56 Å². The van der Waals surface area contributed by atoms with Crippen LogP contribution in [0.15, 0.2) is 72.6 Å². The molecule has 2 rings (SSSR count). The summed E-state index contributed by atoms with van der Waals surface area (Å²) in [5, 5.41) is 0.731. The van der Waals surface area contributed by atoms with Crippen molar-refractivity contribution in [1.29, 1.82) is 0 Å². The molecule has 4 heteroatoms. The van der Waals surface area contributed by atoms with E-state index in [9.17, 15) is 9.36 Å². The second-order valence-corrected chi connectivity index (χ2v) is 7.34. The highest BCUT2D eigenvalue weighted by Gasteiger charge is 2.22. The fourth-order valence-corrected chi connectivity index (χ4v) is 4.27. The quantitative estimate of drug-likeness (QED) is 0.482.